The van der Waals surface area contributed by atoms with Gasteiger partial charge in [0.1, 0.15) is 5.60 Å². The van der Waals surface area contributed by atoms with Crippen molar-refractivity contribution in [1.29, 1.82) is 0 Å². The molecule has 1 rings (SSSR count). The molecule has 0 aromatic heterocycles. The number of hydrogen-bond donors (Lipinski definition) is 2. The molecular weight excluding hydrogens is 284 g/mol. The fourth-order valence-electron chi connectivity index (χ4n) is 2.64. The number of carbonyl (C=O) groups excluding carboxylic acids is 1. The van der Waals surface area contributed by atoms with Gasteiger partial charge in [-0.2, -0.15) is 0 Å². The molecule has 0 saturated heterocycles. The van der Waals surface area contributed by atoms with Crippen LogP contribution in [0.25, 0.3) is 0 Å². The van der Waals surface area contributed by atoms with Gasteiger partial charge in [-0.1, -0.05) is 6.42 Å². The topological polar surface area (TPSA) is 68.8 Å². The van der Waals surface area contributed by atoms with E-state index in [-0.39, 0.29) is 6.09 Å². The largest absolute Gasteiger partial charge is 0.444 e. The number of hydrogen-bond acceptors (Lipinski definition) is 5. The first-order valence-electron chi connectivity index (χ1n) is 8.19. The third kappa shape index (κ3) is 8.56. The molecule has 22 heavy (non-hydrogen) atoms. The van der Waals surface area contributed by atoms with E-state index in [4.69, 9.17) is 14.2 Å². The van der Waals surface area contributed by atoms with Gasteiger partial charge in [-0.15, -0.1) is 0 Å². The van der Waals surface area contributed by atoms with Gasteiger partial charge in [-0.3, -0.25) is 0 Å². The zero-order valence-electron chi connectivity index (χ0n) is 14.4. The van der Waals surface area contributed by atoms with Gasteiger partial charge in [0.25, 0.3) is 0 Å². The molecule has 0 bridgehead atoms. The Morgan fingerprint density at radius 3 is 2.64 bits per heavy atom. The Morgan fingerprint density at radius 2 is 1.95 bits per heavy atom. The third-order valence-electron chi connectivity index (χ3n) is 3.65. The van der Waals surface area contributed by atoms with E-state index >= 15 is 0 Å². The van der Waals surface area contributed by atoms with Gasteiger partial charge in [0, 0.05) is 26.2 Å². The maximum absolute atomic E-state index is 11.7. The predicted molar refractivity (Wildman–Crippen MR) is 86.1 cm³/mol. The molecule has 0 spiro atoms. The Balaban J connectivity index is 2.16. The molecule has 1 aliphatic carbocycles. The van der Waals surface area contributed by atoms with Gasteiger partial charge in [-0.05, 0) is 39.5 Å². The summed E-state index contributed by atoms with van der Waals surface area (Å²) < 4.78 is 15.6. The number of carbonyl (C=O) groups is 1. The van der Waals surface area contributed by atoms with E-state index in [9.17, 15) is 4.79 Å². The van der Waals surface area contributed by atoms with Gasteiger partial charge >= 0.3 is 6.09 Å². The van der Waals surface area contributed by atoms with Gasteiger partial charge in [0.05, 0.1) is 19.8 Å². The summed E-state index contributed by atoms with van der Waals surface area (Å²) in [6.45, 7) is 9.06. The molecule has 130 valence electrons. The van der Waals surface area contributed by atoms with Crippen LogP contribution >= 0.6 is 0 Å². The SMILES string of the molecule is COCCOCCNC1CCCC1CNC(=O)OC(C)(C)C. The highest BCUT2D eigenvalue weighted by Crippen LogP contribution is 2.25. The number of nitrogens with one attached hydrogen (secondary N) is 2. The van der Waals surface area contributed by atoms with Crippen molar-refractivity contribution in [2.75, 3.05) is 40.0 Å². The van der Waals surface area contributed by atoms with Crippen LogP contribution in [-0.4, -0.2) is 57.8 Å². The summed E-state index contributed by atoms with van der Waals surface area (Å²) in [6, 6.07) is 0.445. The third-order valence-corrected chi connectivity index (χ3v) is 3.65. The second-order valence-electron chi connectivity index (χ2n) is 6.74. The maximum atomic E-state index is 11.7. The molecular formula is C16H32N2O4. The molecule has 1 saturated carbocycles. The van der Waals surface area contributed by atoms with Crippen molar-refractivity contribution in [3.05, 3.63) is 0 Å². The number of methoxy groups -OCH3 is 1. The van der Waals surface area contributed by atoms with Crippen molar-refractivity contribution in [2.45, 2.75) is 51.7 Å². The normalized spacial score (nSPS) is 21.8. The summed E-state index contributed by atoms with van der Waals surface area (Å²) in [7, 11) is 1.67. The lowest BCUT2D eigenvalue weighted by atomic mass is 10.0. The van der Waals surface area contributed by atoms with Crippen molar-refractivity contribution in [1.82, 2.24) is 10.6 Å². The highest BCUT2D eigenvalue weighted by atomic mass is 16.6. The molecule has 0 aromatic carbocycles. The number of alkyl carbamates (subject to hydrolysis) is 1. The first-order valence-corrected chi connectivity index (χ1v) is 8.19. The molecule has 6 nitrogen and oxygen atoms in total. The van der Waals surface area contributed by atoms with Crippen molar-refractivity contribution in [3.8, 4) is 0 Å². The highest BCUT2D eigenvalue weighted by Gasteiger charge is 2.27. The summed E-state index contributed by atoms with van der Waals surface area (Å²) in [5.74, 6) is 0.464. The molecule has 2 unspecified atom stereocenters. The molecule has 1 fully saturated rings. The smallest absolute Gasteiger partial charge is 0.407 e. The molecule has 0 aromatic rings. The lowest BCUT2D eigenvalue weighted by Crippen LogP contribution is -2.41. The van der Waals surface area contributed by atoms with Crippen LogP contribution in [0, 0.1) is 5.92 Å². The minimum Gasteiger partial charge on any atom is -0.444 e. The zero-order chi connectivity index (χ0) is 16.4. The lowest BCUT2D eigenvalue weighted by molar-refractivity contribution is 0.0515. The molecule has 1 amide bonds. The number of amides is 1. The van der Waals surface area contributed by atoms with Crippen LogP contribution in [0.15, 0.2) is 0 Å². The summed E-state index contributed by atoms with van der Waals surface area (Å²) in [4.78, 5) is 11.7. The second kappa shape index (κ2) is 10.0. The lowest BCUT2D eigenvalue weighted by Gasteiger charge is -2.23. The molecule has 2 N–H and O–H groups in total. The fourth-order valence-corrected chi connectivity index (χ4v) is 2.64. The summed E-state index contributed by atoms with van der Waals surface area (Å²) in [5.41, 5.74) is -0.447. The molecule has 0 radical (unpaired) electrons. The van der Waals surface area contributed by atoms with Gasteiger partial charge in [0.2, 0.25) is 0 Å². The van der Waals surface area contributed by atoms with Crippen LogP contribution in [0.5, 0.6) is 0 Å². The van der Waals surface area contributed by atoms with Crippen LogP contribution in [0.2, 0.25) is 0 Å². The van der Waals surface area contributed by atoms with Crippen LogP contribution in [0.1, 0.15) is 40.0 Å². The second-order valence-corrected chi connectivity index (χ2v) is 6.74. The maximum Gasteiger partial charge on any atom is 0.407 e. The van der Waals surface area contributed by atoms with E-state index in [1.54, 1.807) is 7.11 Å². The van der Waals surface area contributed by atoms with E-state index in [1.165, 1.54) is 6.42 Å². The molecule has 6 heteroatoms. The Kier molecular flexibility index (Phi) is 8.75. The fraction of sp³-hybridized carbons (Fsp3) is 0.938. The van der Waals surface area contributed by atoms with E-state index in [1.807, 2.05) is 20.8 Å². The average Bonchev–Trinajstić information content (AvgIpc) is 2.86. The summed E-state index contributed by atoms with van der Waals surface area (Å²) in [6.07, 6.45) is 3.15. The van der Waals surface area contributed by atoms with Crippen molar-refractivity contribution in [2.24, 2.45) is 5.92 Å². The average molecular weight is 316 g/mol. The summed E-state index contributed by atoms with van der Waals surface area (Å²) in [5, 5.41) is 6.40. The van der Waals surface area contributed by atoms with E-state index < -0.39 is 5.60 Å². The Hall–Kier alpha value is -0.850. The Bertz CT molecular complexity index is 318. The quantitative estimate of drug-likeness (QED) is 0.636. The first kappa shape index (κ1) is 19.2. The van der Waals surface area contributed by atoms with E-state index in [2.05, 4.69) is 10.6 Å². The zero-order valence-corrected chi connectivity index (χ0v) is 14.4. The van der Waals surface area contributed by atoms with Gasteiger partial charge in [-0.25, -0.2) is 4.79 Å². The minimum atomic E-state index is -0.447. The van der Waals surface area contributed by atoms with Gasteiger partial charge < -0.3 is 24.8 Å². The van der Waals surface area contributed by atoms with Crippen molar-refractivity contribution >= 4 is 6.09 Å². The Morgan fingerprint density at radius 1 is 1.18 bits per heavy atom. The van der Waals surface area contributed by atoms with Crippen molar-refractivity contribution in [3.63, 3.8) is 0 Å². The molecule has 0 aliphatic heterocycles. The first-order chi connectivity index (χ1) is 10.4. The van der Waals surface area contributed by atoms with Crippen LogP contribution < -0.4 is 10.6 Å². The van der Waals surface area contributed by atoms with E-state index in [0.29, 0.717) is 38.3 Å². The minimum absolute atomic E-state index is 0.332. The number of rotatable bonds is 9. The highest BCUT2D eigenvalue weighted by molar-refractivity contribution is 5.67. The molecule has 2 atom stereocenters. The molecule has 0 heterocycles. The standard InChI is InChI=1S/C16H32N2O4/c1-16(2,3)22-15(19)18-12-13-6-5-7-14(13)17-8-9-21-11-10-20-4/h13-14,17H,5-12H2,1-4H3,(H,18,19). The Labute approximate surface area is 134 Å². The molecule has 1 aliphatic rings. The monoisotopic (exact) mass is 316 g/mol. The van der Waals surface area contributed by atoms with E-state index in [0.717, 1.165) is 19.4 Å². The van der Waals surface area contributed by atoms with Crippen LogP contribution in [-0.2, 0) is 14.2 Å². The van der Waals surface area contributed by atoms with Crippen LogP contribution in [0.4, 0.5) is 4.79 Å². The van der Waals surface area contributed by atoms with Gasteiger partial charge in [0.15, 0.2) is 0 Å². The predicted octanol–water partition coefficient (Wildman–Crippen LogP) is 1.93. The van der Waals surface area contributed by atoms with Crippen molar-refractivity contribution < 1.29 is 19.0 Å². The number of ether oxygens (including phenoxy) is 3. The van der Waals surface area contributed by atoms with Crippen LogP contribution in [0.3, 0.4) is 0 Å². The summed E-state index contributed by atoms with van der Waals surface area (Å²) >= 11 is 0.